The van der Waals surface area contributed by atoms with Crippen LogP contribution < -0.4 is 14.8 Å². The maximum absolute atomic E-state index is 12.8. The summed E-state index contributed by atoms with van der Waals surface area (Å²) in [6.07, 6.45) is -1.03. The highest BCUT2D eigenvalue weighted by Crippen LogP contribution is 2.47. The summed E-state index contributed by atoms with van der Waals surface area (Å²) in [5, 5.41) is 17.8. The lowest BCUT2D eigenvalue weighted by atomic mass is 9.81. The molecule has 0 radical (unpaired) electrons. The summed E-state index contributed by atoms with van der Waals surface area (Å²) in [6.45, 7) is 0. The fraction of sp³-hybridized carbons (Fsp3) is 0.263. The number of aliphatic hydroxyl groups excluding tert-OH is 1. The van der Waals surface area contributed by atoms with E-state index in [4.69, 9.17) is 14.3 Å². The van der Waals surface area contributed by atoms with Crippen molar-refractivity contribution in [1.29, 1.82) is 0 Å². The summed E-state index contributed by atoms with van der Waals surface area (Å²) in [4.78, 5) is 18.3. The van der Waals surface area contributed by atoms with Crippen LogP contribution in [0.25, 0.3) is 0 Å². The largest absolute Gasteiger partial charge is 0.493 e. The summed E-state index contributed by atoms with van der Waals surface area (Å²) >= 11 is 0. The summed E-state index contributed by atoms with van der Waals surface area (Å²) < 4.78 is 10.6. The van der Waals surface area contributed by atoms with Crippen LogP contribution in [0.2, 0.25) is 0 Å². The Labute approximate surface area is 150 Å². The van der Waals surface area contributed by atoms with E-state index in [2.05, 4.69) is 10.5 Å². The maximum Gasteiger partial charge on any atom is 0.275 e. The summed E-state index contributed by atoms with van der Waals surface area (Å²) in [6, 6.07) is 12.7. The van der Waals surface area contributed by atoms with Gasteiger partial charge in [-0.1, -0.05) is 35.5 Å². The molecule has 2 aliphatic rings. The molecule has 0 unspecified atom stereocenters. The van der Waals surface area contributed by atoms with Crippen molar-refractivity contribution < 1.29 is 24.2 Å². The molecular weight excluding hydrogens is 336 g/mol. The van der Waals surface area contributed by atoms with Gasteiger partial charge >= 0.3 is 0 Å². The molecule has 0 fully saturated rings. The van der Waals surface area contributed by atoms with Gasteiger partial charge in [-0.3, -0.25) is 4.79 Å². The zero-order chi connectivity index (χ0) is 18.3. The van der Waals surface area contributed by atoms with Crippen molar-refractivity contribution in [3.8, 4) is 11.5 Å². The number of aliphatic hydroxyl groups is 1. The number of carbonyl (C=O) groups is 1. The molecule has 7 nitrogen and oxygen atoms in total. The molecule has 0 bridgehead atoms. The fourth-order valence-electron chi connectivity index (χ4n) is 3.34. The van der Waals surface area contributed by atoms with Crippen LogP contribution in [0.3, 0.4) is 0 Å². The number of benzene rings is 2. The van der Waals surface area contributed by atoms with E-state index in [1.54, 1.807) is 12.1 Å². The van der Waals surface area contributed by atoms with E-state index in [0.717, 1.165) is 5.56 Å². The van der Waals surface area contributed by atoms with Gasteiger partial charge < -0.3 is 24.7 Å². The monoisotopic (exact) mass is 354 g/mol. The van der Waals surface area contributed by atoms with Crippen molar-refractivity contribution in [3.05, 3.63) is 53.6 Å². The van der Waals surface area contributed by atoms with E-state index >= 15 is 0 Å². The molecule has 2 aromatic rings. The van der Waals surface area contributed by atoms with Gasteiger partial charge in [0.1, 0.15) is 6.10 Å². The molecule has 2 aromatic carbocycles. The second-order valence-corrected chi connectivity index (χ2v) is 6.21. The molecule has 7 heteroatoms. The molecule has 0 saturated carbocycles. The van der Waals surface area contributed by atoms with Gasteiger partial charge in [-0.05, 0) is 11.6 Å². The summed E-state index contributed by atoms with van der Waals surface area (Å²) in [5.74, 6) is 0.474. The Balaban J connectivity index is 1.72. The van der Waals surface area contributed by atoms with Gasteiger partial charge in [-0.25, -0.2) is 0 Å². The van der Waals surface area contributed by atoms with Crippen LogP contribution in [-0.4, -0.2) is 36.5 Å². The first-order chi connectivity index (χ1) is 12.6. The first kappa shape index (κ1) is 16.4. The van der Waals surface area contributed by atoms with Crippen LogP contribution in [-0.2, 0) is 9.63 Å². The maximum atomic E-state index is 12.8. The zero-order valence-electron chi connectivity index (χ0n) is 14.4. The lowest BCUT2D eigenvalue weighted by Gasteiger charge is -2.36. The topological polar surface area (TPSA) is 89.4 Å². The number of nitrogens with zero attached hydrogens (tertiary/aromatic N) is 1. The number of methoxy groups -OCH3 is 2. The molecular formula is C19H18N2O5. The third kappa shape index (κ3) is 2.32. The Morgan fingerprint density at radius 3 is 2.58 bits per heavy atom. The first-order valence-corrected chi connectivity index (χ1v) is 8.15. The predicted octanol–water partition coefficient (Wildman–Crippen LogP) is 2.25. The van der Waals surface area contributed by atoms with Crippen molar-refractivity contribution in [2.24, 2.45) is 5.16 Å². The van der Waals surface area contributed by atoms with Crippen LogP contribution in [0.4, 0.5) is 5.69 Å². The highest BCUT2D eigenvalue weighted by molar-refractivity contribution is 6.10. The molecule has 4 rings (SSSR count). The minimum atomic E-state index is -1.50. The molecule has 2 N–H and O–H groups in total. The van der Waals surface area contributed by atoms with Crippen molar-refractivity contribution in [1.82, 2.24) is 0 Å². The molecule has 134 valence electrons. The van der Waals surface area contributed by atoms with Gasteiger partial charge in [0.15, 0.2) is 11.5 Å². The number of carbonyl (C=O) groups excluding carboxylic acids is 1. The van der Waals surface area contributed by atoms with Gasteiger partial charge in [-0.2, -0.15) is 0 Å². The van der Waals surface area contributed by atoms with Gasteiger partial charge in [-0.15, -0.1) is 0 Å². The van der Waals surface area contributed by atoms with E-state index in [1.807, 2.05) is 30.3 Å². The lowest BCUT2D eigenvalue weighted by molar-refractivity contribution is -0.156. The quantitative estimate of drug-likeness (QED) is 0.882. The van der Waals surface area contributed by atoms with Crippen molar-refractivity contribution in [2.45, 2.75) is 18.1 Å². The first-order valence-electron chi connectivity index (χ1n) is 8.15. The van der Waals surface area contributed by atoms with Gasteiger partial charge in [0.2, 0.25) is 0 Å². The highest BCUT2D eigenvalue weighted by atomic mass is 16.7. The average molecular weight is 354 g/mol. The second kappa shape index (κ2) is 6.03. The molecule has 26 heavy (non-hydrogen) atoms. The van der Waals surface area contributed by atoms with Crippen LogP contribution >= 0.6 is 0 Å². The smallest absolute Gasteiger partial charge is 0.275 e. The number of oxime groups is 1. The van der Waals surface area contributed by atoms with E-state index in [9.17, 15) is 9.90 Å². The molecule has 1 amide bonds. The van der Waals surface area contributed by atoms with Gasteiger partial charge in [0.25, 0.3) is 11.5 Å². The summed E-state index contributed by atoms with van der Waals surface area (Å²) in [7, 11) is 3.02. The molecule has 1 spiro atoms. The molecule has 2 aliphatic heterocycles. The van der Waals surface area contributed by atoms with E-state index < -0.39 is 17.6 Å². The lowest BCUT2D eigenvalue weighted by Crippen LogP contribution is -2.51. The van der Waals surface area contributed by atoms with Crippen LogP contribution in [0.5, 0.6) is 11.5 Å². The third-order valence-corrected chi connectivity index (χ3v) is 4.78. The third-order valence-electron chi connectivity index (χ3n) is 4.78. The number of amides is 1. The number of nitrogens with one attached hydrogen (secondary N) is 1. The molecule has 2 atom stereocenters. The van der Waals surface area contributed by atoms with E-state index in [-0.39, 0.29) is 6.42 Å². The molecule has 0 aliphatic carbocycles. The van der Waals surface area contributed by atoms with Crippen LogP contribution in [0, 0.1) is 0 Å². The Morgan fingerprint density at radius 2 is 1.88 bits per heavy atom. The summed E-state index contributed by atoms with van der Waals surface area (Å²) in [5.41, 5.74) is 0.915. The fourth-order valence-corrected chi connectivity index (χ4v) is 3.34. The minimum Gasteiger partial charge on any atom is -0.493 e. The Morgan fingerprint density at radius 1 is 1.19 bits per heavy atom. The van der Waals surface area contributed by atoms with Crippen LogP contribution in [0.15, 0.2) is 47.6 Å². The number of anilines is 1. The number of ether oxygens (including phenoxy) is 2. The number of hydrogen-bond donors (Lipinski definition) is 2. The van der Waals surface area contributed by atoms with Gasteiger partial charge in [0, 0.05) is 18.1 Å². The minimum absolute atomic E-state index is 0.164. The number of rotatable bonds is 3. The van der Waals surface area contributed by atoms with Gasteiger partial charge in [0.05, 0.1) is 25.6 Å². The molecule has 0 saturated heterocycles. The zero-order valence-corrected chi connectivity index (χ0v) is 14.4. The average Bonchev–Trinajstić information content (AvgIpc) is 3.13. The van der Waals surface area contributed by atoms with Crippen LogP contribution in [0.1, 0.15) is 23.7 Å². The Bertz CT molecular complexity index is 896. The molecule has 0 aromatic heterocycles. The van der Waals surface area contributed by atoms with Crippen molar-refractivity contribution in [3.63, 3.8) is 0 Å². The number of fused-ring (bicyclic) bond motifs is 1. The van der Waals surface area contributed by atoms with Crippen molar-refractivity contribution >= 4 is 17.3 Å². The standard InChI is InChI=1S/C19H18N2O5/c1-24-15-8-12-13(9-16(15)25-2)20-18(23)19(17(12)22)10-14(21-26-19)11-6-4-3-5-7-11/h3-9,17,22H,10H2,1-2H3,(H,20,23)/t17-,19-/m1/s1. The molecule has 2 heterocycles. The van der Waals surface area contributed by atoms with E-state index in [0.29, 0.717) is 28.5 Å². The SMILES string of the molecule is COc1cc2c(cc1OC)[C@@H](O)[C@]1(CC(c3ccccc3)=NO1)C(=O)N2. The Kier molecular flexibility index (Phi) is 3.81. The number of hydrogen-bond acceptors (Lipinski definition) is 6. The highest BCUT2D eigenvalue weighted by Gasteiger charge is 2.56. The second-order valence-electron chi connectivity index (χ2n) is 6.21. The predicted molar refractivity (Wildman–Crippen MR) is 94.5 cm³/mol. The van der Waals surface area contributed by atoms with E-state index in [1.165, 1.54) is 14.2 Å². The van der Waals surface area contributed by atoms with Crippen molar-refractivity contribution in [2.75, 3.05) is 19.5 Å². The Hall–Kier alpha value is -3.06. The normalized spacial score (nSPS) is 23.7.